The number of benzene rings is 1. The van der Waals surface area contributed by atoms with Crippen molar-refractivity contribution in [2.24, 2.45) is 0 Å². The first-order chi connectivity index (χ1) is 7.79. The van der Waals surface area contributed by atoms with Crippen molar-refractivity contribution in [3.05, 3.63) is 29.8 Å². The standard InChI is InChI=1S/C13H17ClO2/c1-2-3-10-16-13-7-5-4-6-11(13)12(15)8-9-14/h4-7H,2-3,8-10H2,1H3. The Bertz CT molecular complexity index is 336. The molecule has 0 atom stereocenters. The van der Waals surface area contributed by atoms with Gasteiger partial charge >= 0.3 is 0 Å². The first-order valence-electron chi connectivity index (χ1n) is 5.60. The van der Waals surface area contributed by atoms with Crippen LogP contribution in [0.1, 0.15) is 36.5 Å². The fourth-order valence-electron chi connectivity index (χ4n) is 1.37. The number of unbranched alkanes of at least 4 members (excludes halogenated alkanes) is 1. The van der Waals surface area contributed by atoms with Gasteiger partial charge in [0.1, 0.15) is 5.75 Å². The summed E-state index contributed by atoms with van der Waals surface area (Å²) in [5.41, 5.74) is 0.638. The van der Waals surface area contributed by atoms with Gasteiger partial charge in [-0.25, -0.2) is 0 Å². The molecule has 16 heavy (non-hydrogen) atoms. The fraction of sp³-hybridized carbons (Fsp3) is 0.462. The van der Waals surface area contributed by atoms with E-state index in [4.69, 9.17) is 16.3 Å². The van der Waals surface area contributed by atoms with Crippen molar-refractivity contribution in [1.29, 1.82) is 0 Å². The number of rotatable bonds is 7. The molecule has 0 aliphatic heterocycles. The lowest BCUT2D eigenvalue weighted by molar-refractivity contribution is 0.0985. The average molecular weight is 241 g/mol. The second-order valence-corrected chi connectivity index (χ2v) is 3.94. The van der Waals surface area contributed by atoms with Crippen molar-refractivity contribution in [3.63, 3.8) is 0 Å². The van der Waals surface area contributed by atoms with Crippen molar-refractivity contribution in [2.45, 2.75) is 26.2 Å². The highest BCUT2D eigenvalue weighted by Crippen LogP contribution is 2.20. The third kappa shape index (κ3) is 3.86. The van der Waals surface area contributed by atoms with Crippen LogP contribution in [0.2, 0.25) is 0 Å². The molecule has 0 aliphatic carbocycles. The van der Waals surface area contributed by atoms with E-state index in [0.717, 1.165) is 12.8 Å². The molecule has 0 saturated heterocycles. The molecule has 0 saturated carbocycles. The maximum Gasteiger partial charge on any atom is 0.167 e. The Morgan fingerprint density at radius 2 is 2.12 bits per heavy atom. The summed E-state index contributed by atoms with van der Waals surface area (Å²) < 4.78 is 5.58. The number of para-hydroxylation sites is 1. The molecule has 0 bridgehead atoms. The fourth-order valence-corrected chi connectivity index (χ4v) is 1.54. The lowest BCUT2D eigenvalue weighted by atomic mass is 10.1. The first-order valence-corrected chi connectivity index (χ1v) is 6.14. The van der Waals surface area contributed by atoms with Crippen LogP contribution in [0.5, 0.6) is 5.75 Å². The number of halogens is 1. The van der Waals surface area contributed by atoms with Crippen LogP contribution in [0, 0.1) is 0 Å². The number of carbonyl (C=O) groups is 1. The van der Waals surface area contributed by atoms with Crippen molar-refractivity contribution < 1.29 is 9.53 Å². The van der Waals surface area contributed by atoms with Crippen LogP contribution in [0.25, 0.3) is 0 Å². The van der Waals surface area contributed by atoms with Gasteiger partial charge in [0.25, 0.3) is 0 Å². The number of Topliss-reactive ketones (excluding diaryl/α,β-unsaturated/α-hetero) is 1. The molecule has 2 nitrogen and oxygen atoms in total. The quantitative estimate of drug-likeness (QED) is 0.413. The predicted molar refractivity (Wildman–Crippen MR) is 66.5 cm³/mol. The monoisotopic (exact) mass is 240 g/mol. The molecular weight excluding hydrogens is 224 g/mol. The average Bonchev–Trinajstić information content (AvgIpc) is 2.30. The summed E-state index contributed by atoms with van der Waals surface area (Å²) in [5.74, 6) is 1.07. The van der Waals surface area contributed by atoms with E-state index in [9.17, 15) is 4.79 Å². The highest BCUT2D eigenvalue weighted by atomic mass is 35.5. The van der Waals surface area contributed by atoms with Gasteiger partial charge in [-0.05, 0) is 18.6 Å². The SMILES string of the molecule is CCCCOc1ccccc1C(=O)CCCl. The third-order valence-corrected chi connectivity index (χ3v) is 2.45. The minimum absolute atomic E-state index is 0.0436. The van der Waals surface area contributed by atoms with Crippen molar-refractivity contribution >= 4 is 17.4 Å². The normalized spacial score (nSPS) is 10.1. The highest BCUT2D eigenvalue weighted by Gasteiger charge is 2.10. The molecule has 3 heteroatoms. The number of hydrogen-bond acceptors (Lipinski definition) is 2. The van der Waals surface area contributed by atoms with Crippen LogP contribution < -0.4 is 4.74 Å². The van der Waals surface area contributed by atoms with Crippen LogP contribution in [0.3, 0.4) is 0 Å². The second kappa shape index (κ2) is 7.29. The van der Waals surface area contributed by atoms with E-state index in [1.807, 2.05) is 18.2 Å². The predicted octanol–water partition coefficient (Wildman–Crippen LogP) is 3.68. The van der Waals surface area contributed by atoms with Crippen molar-refractivity contribution in [3.8, 4) is 5.75 Å². The Balaban J connectivity index is 2.71. The molecular formula is C13H17ClO2. The summed E-state index contributed by atoms with van der Waals surface area (Å²) in [5, 5.41) is 0. The van der Waals surface area contributed by atoms with Crippen molar-refractivity contribution in [2.75, 3.05) is 12.5 Å². The van der Waals surface area contributed by atoms with E-state index in [2.05, 4.69) is 6.92 Å². The summed E-state index contributed by atoms with van der Waals surface area (Å²) in [6.45, 7) is 2.76. The van der Waals surface area contributed by atoms with E-state index in [1.165, 1.54) is 0 Å². The van der Waals surface area contributed by atoms with Crippen LogP contribution in [0.4, 0.5) is 0 Å². The molecule has 1 rings (SSSR count). The Hall–Kier alpha value is -1.02. The summed E-state index contributed by atoms with van der Waals surface area (Å²) in [4.78, 5) is 11.7. The summed E-state index contributed by atoms with van der Waals surface area (Å²) in [6, 6.07) is 7.33. The van der Waals surface area contributed by atoms with Gasteiger partial charge in [0.15, 0.2) is 5.78 Å². The van der Waals surface area contributed by atoms with Gasteiger partial charge in [-0.1, -0.05) is 25.5 Å². The van der Waals surface area contributed by atoms with Gasteiger partial charge < -0.3 is 4.74 Å². The van der Waals surface area contributed by atoms with Crippen LogP contribution in [0.15, 0.2) is 24.3 Å². The smallest absolute Gasteiger partial charge is 0.167 e. The molecule has 0 heterocycles. The van der Waals surface area contributed by atoms with E-state index in [1.54, 1.807) is 6.07 Å². The Morgan fingerprint density at radius 3 is 2.81 bits per heavy atom. The number of alkyl halides is 1. The minimum Gasteiger partial charge on any atom is -0.493 e. The molecule has 1 aromatic carbocycles. The van der Waals surface area contributed by atoms with Crippen LogP contribution >= 0.6 is 11.6 Å². The summed E-state index contributed by atoms with van der Waals surface area (Å²) in [6.07, 6.45) is 2.44. The number of ether oxygens (including phenoxy) is 1. The van der Waals surface area contributed by atoms with Crippen LogP contribution in [-0.2, 0) is 0 Å². The molecule has 0 aliphatic rings. The van der Waals surface area contributed by atoms with Gasteiger partial charge in [0.2, 0.25) is 0 Å². The van der Waals surface area contributed by atoms with E-state index in [0.29, 0.717) is 30.2 Å². The first kappa shape index (κ1) is 13.0. The molecule has 88 valence electrons. The van der Waals surface area contributed by atoms with Gasteiger partial charge in [-0.15, -0.1) is 11.6 Å². The highest BCUT2D eigenvalue weighted by molar-refractivity contribution is 6.19. The molecule has 0 radical (unpaired) electrons. The molecule has 0 fully saturated rings. The molecule has 0 unspecified atom stereocenters. The lowest BCUT2D eigenvalue weighted by Crippen LogP contribution is -2.05. The molecule has 0 aromatic heterocycles. The van der Waals surface area contributed by atoms with Gasteiger partial charge in [-0.3, -0.25) is 4.79 Å². The van der Waals surface area contributed by atoms with Crippen LogP contribution in [-0.4, -0.2) is 18.3 Å². The second-order valence-electron chi connectivity index (χ2n) is 3.56. The molecule has 0 spiro atoms. The van der Waals surface area contributed by atoms with Crippen molar-refractivity contribution in [1.82, 2.24) is 0 Å². The number of hydrogen-bond donors (Lipinski definition) is 0. The minimum atomic E-state index is 0.0436. The number of carbonyl (C=O) groups excluding carboxylic acids is 1. The molecule has 0 N–H and O–H groups in total. The van der Waals surface area contributed by atoms with E-state index < -0.39 is 0 Å². The Labute approximate surface area is 102 Å². The lowest BCUT2D eigenvalue weighted by Gasteiger charge is -2.09. The Morgan fingerprint density at radius 1 is 1.38 bits per heavy atom. The van der Waals surface area contributed by atoms with Gasteiger partial charge in [-0.2, -0.15) is 0 Å². The Kier molecular flexibility index (Phi) is 5.94. The molecule has 1 aromatic rings. The summed E-state index contributed by atoms with van der Waals surface area (Å²) >= 11 is 5.56. The zero-order chi connectivity index (χ0) is 11.8. The topological polar surface area (TPSA) is 26.3 Å². The van der Waals surface area contributed by atoms with Gasteiger partial charge in [0.05, 0.1) is 12.2 Å². The van der Waals surface area contributed by atoms with Gasteiger partial charge in [0, 0.05) is 12.3 Å². The maximum atomic E-state index is 11.7. The van der Waals surface area contributed by atoms with E-state index in [-0.39, 0.29) is 5.78 Å². The number of ketones is 1. The maximum absolute atomic E-state index is 11.7. The molecule has 0 amide bonds. The zero-order valence-electron chi connectivity index (χ0n) is 9.54. The largest absolute Gasteiger partial charge is 0.493 e. The van der Waals surface area contributed by atoms with E-state index >= 15 is 0 Å². The third-order valence-electron chi connectivity index (χ3n) is 2.26. The summed E-state index contributed by atoms with van der Waals surface area (Å²) in [7, 11) is 0. The zero-order valence-corrected chi connectivity index (χ0v) is 10.3.